The Morgan fingerprint density at radius 1 is 1.03 bits per heavy atom. The van der Waals surface area contributed by atoms with Crippen LogP contribution in [0.1, 0.15) is 24.0 Å². The van der Waals surface area contributed by atoms with E-state index in [4.69, 9.17) is 17.3 Å². The minimum Gasteiger partial charge on any atom is -0.295 e. The van der Waals surface area contributed by atoms with Crippen LogP contribution in [0.25, 0.3) is 11.4 Å². The van der Waals surface area contributed by atoms with Gasteiger partial charge < -0.3 is 0 Å². The van der Waals surface area contributed by atoms with E-state index >= 15 is 0 Å². The first-order chi connectivity index (χ1) is 16.1. The third kappa shape index (κ3) is 4.91. The van der Waals surface area contributed by atoms with E-state index in [2.05, 4.69) is 22.0 Å². The molecule has 0 saturated heterocycles. The average Bonchev–Trinajstić information content (AvgIpc) is 3.63. The second-order valence-electron chi connectivity index (χ2n) is 8.27. The summed E-state index contributed by atoms with van der Waals surface area (Å²) in [6.07, 6.45) is 5.57. The van der Waals surface area contributed by atoms with Gasteiger partial charge in [-0.15, -0.1) is 0 Å². The first-order valence-electron chi connectivity index (χ1n) is 10.9. The number of aromatic nitrogens is 4. The molecule has 4 aromatic rings. The zero-order valence-corrected chi connectivity index (χ0v) is 18.8. The largest absolute Gasteiger partial charge is 0.295 e. The molecule has 2 aromatic carbocycles. The Kier molecular flexibility index (Phi) is 6.11. The lowest BCUT2D eigenvalue weighted by atomic mass is 10.2. The van der Waals surface area contributed by atoms with Gasteiger partial charge in [0.2, 0.25) is 0 Å². The smallest absolute Gasteiger partial charge is 0.199 e. The second kappa shape index (κ2) is 9.33. The van der Waals surface area contributed by atoms with Crippen molar-refractivity contribution in [2.75, 3.05) is 0 Å². The van der Waals surface area contributed by atoms with Crippen LogP contribution in [-0.2, 0) is 19.8 Å². The monoisotopic (exact) mass is 463 g/mol. The molecule has 5 rings (SSSR count). The van der Waals surface area contributed by atoms with Gasteiger partial charge in [-0.1, -0.05) is 36.4 Å². The molecule has 1 aliphatic rings. The van der Waals surface area contributed by atoms with Crippen molar-refractivity contribution in [3.05, 3.63) is 101 Å². The predicted octanol–water partition coefficient (Wildman–Crippen LogP) is 5.42. The van der Waals surface area contributed by atoms with E-state index in [1.807, 2.05) is 34.9 Å². The lowest BCUT2D eigenvalue weighted by Crippen LogP contribution is -2.29. The predicted molar refractivity (Wildman–Crippen MR) is 125 cm³/mol. The number of halogens is 2. The molecule has 1 saturated carbocycles. The summed E-state index contributed by atoms with van der Waals surface area (Å²) in [7, 11) is 0. The zero-order chi connectivity index (χ0) is 22.8. The van der Waals surface area contributed by atoms with Gasteiger partial charge in [0.05, 0.1) is 13.2 Å². The van der Waals surface area contributed by atoms with Crippen molar-refractivity contribution in [3.8, 4) is 11.4 Å². The van der Waals surface area contributed by atoms with Crippen LogP contribution in [0.3, 0.4) is 0 Å². The van der Waals surface area contributed by atoms with Crippen molar-refractivity contribution in [2.24, 2.45) is 0 Å². The first kappa shape index (κ1) is 21.6. The van der Waals surface area contributed by atoms with Gasteiger partial charge >= 0.3 is 0 Å². The molecule has 2 aromatic heterocycles. The number of benzene rings is 2. The summed E-state index contributed by atoms with van der Waals surface area (Å²) in [4.78, 5) is 6.39. The summed E-state index contributed by atoms with van der Waals surface area (Å²) in [6, 6.07) is 18.0. The van der Waals surface area contributed by atoms with Crippen LogP contribution in [0.15, 0.2) is 73.1 Å². The van der Waals surface area contributed by atoms with E-state index in [0.717, 1.165) is 35.9 Å². The number of hydrogen-bond acceptors (Lipinski definition) is 4. The molecule has 0 unspecified atom stereocenters. The Bertz CT molecular complexity index is 1300. The van der Waals surface area contributed by atoms with Crippen molar-refractivity contribution < 1.29 is 8.78 Å². The minimum atomic E-state index is -0.572. The first-order valence-corrected chi connectivity index (χ1v) is 11.3. The van der Waals surface area contributed by atoms with Crippen molar-refractivity contribution in [2.45, 2.75) is 38.6 Å². The second-order valence-corrected chi connectivity index (χ2v) is 8.64. The molecule has 168 valence electrons. The van der Waals surface area contributed by atoms with Crippen molar-refractivity contribution in [1.29, 1.82) is 0 Å². The van der Waals surface area contributed by atoms with Gasteiger partial charge in [-0.3, -0.25) is 14.5 Å². The molecule has 1 fully saturated rings. The van der Waals surface area contributed by atoms with E-state index < -0.39 is 11.6 Å². The van der Waals surface area contributed by atoms with Gasteiger partial charge in [0, 0.05) is 42.2 Å². The van der Waals surface area contributed by atoms with E-state index in [-0.39, 0.29) is 0 Å². The average molecular weight is 464 g/mol. The summed E-state index contributed by atoms with van der Waals surface area (Å²) in [5.41, 5.74) is 2.46. The van der Waals surface area contributed by atoms with Gasteiger partial charge in [0.25, 0.3) is 0 Å². The van der Waals surface area contributed by atoms with Crippen molar-refractivity contribution in [3.63, 3.8) is 0 Å². The number of rotatable bonds is 8. The molecule has 0 bridgehead atoms. The highest BCUT2D eigenvalue weighted by molar-refractivity contribution is 7.71. The molecular weight excluding hydrogens is 440 g/mol. The molecule has 5 nitrogen and oxygen atoms in total. The topological polar surface area (TPSA) is 38.9 Å². The fourth-order valence-corrected chi connectivity index (χ4v) is 4.17. The van der Waals surface area contributed by atoms with Crippen molar-refractivity contribution in [1.82, 2.24) is 24.2 Å². The fourth-order valence-electron chi connectivity index (χ4n) is 3.93. The molecule has 0 atom stereocenters. The molecule has 8 heteroatoms. The standard InChI is InChI=1S/C25H23F2N5S/c26-21-9-8-20(23(27)13-21)16-30(22-10-11-22)17-32-25(33)31(15-18-5-2-1-3-6-18)24(29-32)19-7-4-12-28-14-19/h1-9,12-14,22H,10-11,15-17H2. The highest BCUT2D eigenvalue weighted by atomic mass is 32.1. The highest BCUT2D eigenvalue weighted by Crippen LogP contribution is 2.30. The molecule has 0 aliphatic heterocycles. The minimum absolute atomic E-state index is 0.331. The number of pyridine rings is 1. The van der Waals surface area contributed by atoms with Crippen LogP contribution in [0, 0.1) is 16.4 Å². The van der Waals surface area contributed by atoms with Gasteiger partial charge in [-0.2, -0.15) is 5.10 Å². The number of hydrogen-bond donors (Lipinski definition) is 0. The summed E-state index contributed by atoms with van der Waals surface area (Å²) in [6.45, 7) is 1.38. The molecule has 2 heterocycles. The lowest BCUT2D eigenvalue weighted by molar-refractivity contribution is 0.184. The maximum Gasteiger partial charge on any atom is 0.199 e. The van der Waals surface area contributed by atoms with Gasteiger partial charge in [0.1, 0.15) is 11.6 Å². The van der Waals surface area contributed by atoms with Gasteiger partial charge in [-0.05, 0) is 48.8 Å². The molecule has 1 aliphatic carbocycles. The number of nitrogens with zero attached hydrogens (tertiary/aromatic N) is 5. The summed E-state index contributed by atoms with van der Waals surface area (Å²) >= 11 is 5.84. The summed E-state index contributed by atoms with van der Waals surface area (Å²) < 4.78 is 32.1. The van der Waals surface area contributed by atoms with Crippen molar-refractivity contribution >= 4 is 12.2 Å². The van der Waals surface area contributed by atoms with E-state index in [9.17, 15) is 8.78 Å². The van der Waals surface area contributed by atoms with Crippen LogP contribution >= 0.6 is 12.2 Å². The van der Waals surface area contributed by atoms with Crippen LogP contribution < -0.4 is 0 Å². The summed E-state index contributed by atoms with van der Waals surface area (Å²) in [5.74, 6) is -0.368. The summed E-state index contributed by atoms with van der Waals surface area (Å²) in [5, 5.41) is 4.84. The molecule has 0 N–H and O–H groups in total. The van der Waals surface area contributed by atoms with Crippen LogP contribution in [-0.4, -0.2) is 30.3 Å². The third-order valence-electron chi connectivity index (χ3n) is 5.79. The maximum absolute atomic E-state index is 14.3. The highest BCUT2D eigenvalue weighted by Gasteiger charge is 2.30. The van der Waals surface area contributed by atoms with E-state index in [1.54, 1.807) is 17.1 Å². The molecule has 0 amide bonds. The quantitative estimate of drug-likeness (QED) is 0.327. The molecule has 0 radical (unpaired) electrons. The Hall–Kier alpha value is -3.23. The Balaban J connectivity index is 1.48. The molecule has 33 heavy (non-hydrogen) atoms. The van der Waals surface area contributed by atoms with Gasteiger partial charge in [0.15, 0.2) is 10.6 Å². The van der Waals surface area contributed by atoms with Crippen LogP contribution in [0.2, 0.25) is 0 Å². The molecule has 0 spiro atoms. The van der Waals surface area contributed by atoms with Crippen LogP contribution in [0.5, 0.6) is 0 Å². The Morgan fingerprint density at radius 2 is 1.85 bits per heavy atom. The van der Waals surface area contributed by atoms with E-state index in [1.165, 1.54) is 12.1 Å². The van der Waals surface area contributed by atoms with Crippen LogP contribution in [0.4, 0.5) is 8.78 Å². The molecular formula is C25H23F2N5S. The third-order valence-corrected chi connectivity index (χ3v) is 6.22. The normalized spacial score (nSPS) is 13.5. The Morgan fingerprint density at radius 3 is 2.55 bits per heavy atom. The SMILES string of the molecule is Fc1ccc(CN(Cn2nc(-c3cccnc3)n(Cc3ccccc3)c2=S)C2CC2)c(F)c1. The van der Waals surface area contributed by atoms with E-state index in [0.29, 0.717) is 36.1 Å². The zero-order valence-electron chi connectivity index (χ0n) is 17.9. The van der Waals surface area contributed by atoms with Gasteiger partial charge in [-0.25, -0.2) is 13.5 Å². The maximum atomic E-state index is 14.3. The lowest BCUT2D eigenvalue weighted by Gasteiger charge is -2.22. The Labute approximate surface area is 195 Å². The fraction of sp³-hybridized carbons (Fsp3) is 0.240.